The molecule has 0 aliphatic carbocycles. The van der Waals surface area contributed by atoms with Crippen molar-refractivity contribution >= 4 is 10.1 Å². The van der Waals surface area contributed by atoms with Crippen molar-refractivity contribution in [3.63, 3.8) is 0 Å². The highest BCUT2D eigenvalue weighted by molar-refractivity contribution is 7.85. The molecule has 0 unspecified atom stereocenters. The van der Waals surface area contributed by atoms with Gasteiger partial charge in [-0.3, -0.25) is 4.55 Å². The minimum Gasteiger partial charge on any atom is -0.395 e. The second kappa shape index (κ2) is 8.43. The molecule has 0 spiro atoms. The summed E-state index contributed by atoms with van der Waals surface area (Å²) < 4.78 is 25.9. The normalized spacial score (nSPS) is 10.9. The maximum Gasteiger partial charge on any atom is 0.261 e. The Kier molecular flexibility index (Phi) is 9.93. The Morgan fingerprint density at radius 3 is 1.62 bits per heavy atom. The van der Waals surface area contributed by atoms with E-state index in [4.69, 9.17) is 9.66 Å². The van der Waals surface area contributed by atoms with Crippen molar-refractivity contribution in [2.24, 2.45) is 0 Å². The molecule has 6 heteroatoms. The summed E-state index contributed by atoms with van der Waals surface area (Å²) >= 11 is 0. The van der Waals surface area contributed by atoms with E-state index in [0.717, 1.165) is 19.6 Å². The van der Waals surface area contributed by atoms with Crippen LogP contribution in [0, 0.1) is 0 Å². The fourth-order valence-corrected chi connectivity index (χ4v) is 0.681. The zero-order valence-electron chi connectivity index (χ0n) is 8.39. The molecule has 2 N–H and O–H groups in total. The van der Waals surface area contributed by atoms with Gasteiger partial charge in [-0.05, 0) is 13.1 Å². The highest BCUT2D eigenvalue weighted by Crippen LogP contribution is 1.82. The van der Waals surface area contributed by atoms with Gasteiger partial charge in [-0.25, -0.2) is 0 Å². The van der Waals surface area contributed by atoms with Crippen molar-refractivity contribution in [2.75, 3.05) is 32.5 Å². The van der Waals surface area contributed by atoms with Gasteiger partial charge in [-0.15, -0.1) is 0 Å². The molecular formula is C7H19NO4S. The van der Waals surface area contributed by atoms with Crippen LogP contribution in [0.4, 0.5) is 0 Å². The Hall–Kier alpha value is -0.170. The van der Waals surface area contributed by atoms with Gasteiger partial charge in [-0.2, -0.15) is 8.42 Å². The minimum atomic E-state index is -3.67. The Bertz CT molecular complexity index is 179. The Balaban J connectivity index is 0. The Labute approximate surface area is 80.1 Å². The predicted molar refractivity (Wildman–Crippen MR) is 52.3 cm³/mol. The Morgan fingerprint density at radius 1 is 1.23 bits per heavy atom. The number of likely N-dealkylation sites (N-methyl/N-ethyl adjacent to an activating group) is 1. The number of hydrogen-bond donors (Lipinski definition) is 2. The van der Waals surface area contributed by atoms with Crippen LogP contribution in [0.25, 0.3) is 0 Å². The summed E-state index contributed by atoms with van der Waals surface area (Å²) in [7, 11) is -3.67. The van der Waals surface area contributed by atoms with Gasteiger partial charge in [0.1, 0.15) is 0 Å². The molecule has 0 amide bonds. The highest BCUT2D eigenvalue weighted by Gasteiger charge is 1.93. The predicted octanol–water partition coefficient (Wildman–Crippen LogP) is -0.175. The SMILES string of the molecule is CCN(CC)CCO.CS(=O)(=O)O. The third kappa shape index (κ3) is 24.5. The average molecular weight is 213 g/mol. The Morgan fingerprint density at radius 2 is 1.54 bits per heavy atom. The molecule has 0 aromatic carbocycles. The molecule has 0 atom stereocenters. The van der Waals surface area contributed by atoms with E-state index in [0.29, 0.717) is 6.26 Å². The minimum absolute atomic E-state index is 0.279. The monoisotopic (exact) mass is 213 g/mol. The summed E-state index contributed by atoms with van der Waals surface area (Å²) in [5.74, 6) is 0. The van der Waals surface area contributed by atoms with E-state index in [9.17, 15) is 8.42 Å². The van der Waals surface area contributed by atoms with Crippen LogP contribution < -0.4 is 0 Å². The van der Waals surface area contributed by atoms with Crippen LogP contribution >= 0.6 is 0 Å². The van der Waals surface area contributed by atoms with E-state index in [1.807, 2.05) is 0 Å². The summed E-state index contributed by atoms with van der Waals surface area (Å²) in [6.45, 7) is 7.36. The van der Waals surface area contributed by atoms with Crippen LogP contribution in [0.1, 0.15) is 13.8 Å². The van der Waals surface area contributed by atoms with Gasteiger partial charge in [-0.1, -0.05) is 13.8 Å². The molecule has 0 aromatic heterocycles. The third-order valence-corrected chi connectivity index (χ3v) is 1.31. The molecule has 5 nitrogen and oxygen atoms in total. The van der Waals surface area contributed by atoms with Crippen molar-refractivity contribution < 1.29 is 18.1 Å². The molecule has 13 heavy (non-hydrogen) atoms. The molecule has 0 aliphatic heterocycles. The van der Waals surface area contributed by atoms with Crippen LogP contribution in [0.3, 0.4) is 0 Å². The summed E-state index contributed by atoms with van der Waals surface area (Å²) in [5.41, 5.74) is 0. The molecule has 0 fully saturated rings. The first-order valence-corrected chi connectivity index (χ1v) is 5.95. The van der Waals surface area contributed by atoms with Crippen molar-refractivity contribution in [1.29, 1.82) is 0 Å². The number of rotatable bonds is 4. The highest BCUT2D eigenvalue weighted by atomic mass is 32.2. The van der Waals surface area contributed by atoms with Crippen LogP contribution in [-0.4, -0.2) is 55.5 Å². The summed E-state index contributed by atoms with van der Waals surface area (Å²) in [5, 5.41) is 8.46. The second-order valence-corrected chi connectivity index (χ2v) is 3.95. The maximum absolute atomic E-state index is 9.19. The molecule has 0 bridgehead atoms. The number of aliphatic hydroxyl groups excluding tert-OH is 1. The third-order valence-electron chi connectivity index (χ3n) is 1.31. The molecule has 0 saturated carbocycles. The van der Waals surface area contributed by atoms with Gasteiger partial charge >= 0.3 is 0 Å². The van der Waals surface area contributed by atoms with Gasteiger partial charge < -0.3 is 10.0 Å². The largest absolute Gasteiger partial charge is 0.395 e. The first-order chi connectivity index (χ1) is 5.85. The van der Waals surface area contributed by atoms with Crippen LogP contribution in [0.2, 0.25) is 0 Å². The van der Waals surface area contributed by atoms with Crippen LogP contribution in [-0.2, 0) is 10.1 Å². The molecule has 82 valence electrons. The molecule has 0 aliphatic rings. The van der Waals surface area contributed by atoms with Gasteiger partial charge in [0.05, 0.1) is 12.9 Å². The lowest BCUT2D eigenvalue weighted by Crippen LogP contribution is -2.25. The number of nitrogens with zero attached hydrogens (tertiary/aromatic N) is 1. The second-order valence-electron chi connectivity index (χ2n) is 2.48. The fraction of sp³-hybridized carbons (Fsp3) is 1.00. The summed E-state index contributed by atoms with van der Waals surface area (Å²) in [6.07, 6.45) is 0.715. The lowest BCUT2D eigenvalue weighted by Gasteiger charge is -2.15. The van der Waals surface area contributed by atoms with Gasteiger partial charge in [0.15, 0.2) is 0 Å². The van der Waals surface area contributed by atoms with Gasteiger partial charge in [0, 0.05) is 6.54 Å². The van der Waals surface area contributed by atoms with E-state index in [-0.39, 0.29) is 6.61 Å². The van der Waals surface area contributed by atoms with Crippen molar-refractivity contribution in [2.45, 2.75) is 13.8 Å². The molecule has 0 aromatic rings. The lowest BCUT2D eigenvalue weighted by molar-refractivity contribution is 0.208. The molecule has 0 rings (SSSR count). The van der Waals surface area contributed by atoms with E-state index in [1.165, 1.54) is 0 Å². The topological polar surface area (TPSA) is 77.8 Å². The van der Waals surface area contributed by atoms with Crippen molar-refractivity contribution in [3.05, 3.63) is 0 Å². The van der Waals surface area contributed by atoms with E-state index in [1.54, 1.807) is 0 Å². The first kappa shape index (κ1) is 15.3. The average Bonchev–Trinajstić information content (AvgIpc) is 1.97. The number of hydrogen-bond acceptors (Lipinski definition) is 4. The molecule has 0 heterocycles. The van der Waals surface area contributed by atoms with Gasteiger partial charge in [0.25, 0.3) is 10.1 Å². The van der Waals surface area contributed by atoms with Crippen LogP contribution in [0.15, 0.2) is 0 Å². The lowest BCUT2D eigenvalue weighted by atomic mass is 10.5. The standard InChI is InChI=1S/C6H15NO.CH4O3S/c1-3-7(4-2)5-6-8;1-5(2,3)4/h8H,3-6H2,1-2H3;1H3,(H,2,3,4). The quantitative estimate of drug-likeness (QED) is 0.634. The van der Waals surface area contributed by atoms with E-state index < -0.39 is 10.1 Å². The smallest absolute Gasteiger partial charge is 0.261 e. The fourth-order valence-electron chi connectivity index (χ4n) is 0.681. The maximum atomic E-state index is 9.19. The van der Waals surface area contributed by atoms with Crippen molar-refractivity contribution in [1.82, 2.24) is 4.90 Å². The zero-order valence-corrected chi connectivity index (χ0v) is 9.21. The molecule has 0 radical (unpaired) electrons. The number of aliphatic hydroxyl groups is 1. The first-order valence-electron chi connectivity index (χ1n) is 4.10. The van der Waals surface area contributed by atoms with Crippen molar-refractivity contribution in [3.8, 4) is 0 Å². The molecule has 0 saturated heterocycles. The van der Waals surface area contributed by atoms with E-state index >= 15 is 0 Å². The van der Waals surface area contributed by atoms with Gasteiger partial charge in [0.2, 0.25) is 0 Å². The summed E-state index contributed by atoms with van der Waals surface area (Å²) in [6, 6.07) is 0. The molecular weight excluding hydrogens is 194 g/mol. The van der Waals surface area contributed by atoms with E-state index in [2.05, 4.69) is 18.7 Å². The van der Waals surface area contributed by atoms with Crippen LogP contribution in [0.5, 0.6) is 0 Å². The zero-order chi connectivity index (χ0) is 10.9. The summed E-state index contributed by atoms with van der Waals surface area (Å²) in [4.78, 5) is 2.18.